The van der Waals surface area contributed by atoms with Crippen molar-refractivity contribution in [2.45, 2.75) is 19.8 Å². The maximum absolute atomic E-state index is 12.3. The zero-order valence-electron chi connectivity index (χ0n) is 13.6. The number of hydrogen-bond donors (Lipinski definition) is 2. The third-order valence-corrected chi connectivity index (χ3v) is 4.03. The van der Waals surface area contributed by atoms with Crippen molar-refractivity contribution in [1.29, 1.82) is 0 Å². The number of hydrogen-bond acceptors (Lipinski definition) is 6. The van der Waals surface area contributed by atoms with Crippen LogP contribution in [0.1, 0.15) is 19.8 Å². The van der Waals surface area contributed by atoms with Crippen LogP contribution in [0.4, 0.5) is 4.79 Å². The second-order valence-corrected chi connectivity index (χ2v) is 5.76. The van der Waals surface area contributed by atoms with Crippen molar-refractivity contribution in [2.75, 3.05) is 45.8 Å². The van der Waals surface area contributed by atoms with Crippen LogP contribution >= 0.6 is 0 Å². The van der Waals surface area contributed by atoms with Crippen LogP contribution in [-0.4, -0.2) is 79.7 Å². The zero-order valence-corrected chi connectivity index (χ0v) is 13.6. The second kappa shape index (κ2) is 8.73. The SMILES string of the molecule is CCCCN1C(=O)NC(=O)[C@@H](C=NCCN2CCNCC2)C1=O. The number of barbiturate groups is 1. The first kappa shape index (κ1) is 17.6. The minimum absolute atomic E-state index is 0.333. The van der Waals surface area contributed by atoms with Crippen LogP contribution in [0.5, 0.6) is 0 Å². The van der Waals surface area contributed by atoms with Gasteiger partial charge < -0.3 is 5.32 Å². The molecule has 2 rings (SSSR count). The molecule has 0 aromatic carbocycles. The number of nitrogens with one attached hydrogen (secondary N) is 2. The van der Waals surface area contributed by atoms with E-state index in [1.807, 2.05) is 6.92 Å². The summed E-state index contributed by atoms with van der Waals surface area (Å²) in [6.45, 7) is 7.57. The van der Waals surface area contributed by atoms with Gasteiger partial charge in [-0.3, -0.25) is 29.7 Å². The minimum Gasteiger partial charge on any atom is -0.314 e. The molecule has 4 amide bonds. The van der Waals surface area contributed by atoms with Gasteiger partial charge in [-0.05, 0) is 6.42 Å². The van der Waals surface area contributed by atoms with Gasteiger partial charge in [0.25, 0.3) is 0 Å². The largest absolute Gasteiger partial charge is 0.330 e. The van der Waals surface area contributed by atoms with Gasteiger partial charge in [-0.1, -0.05) is 13.3 Å². The Morgan fingerprint density at radius 3 is 2.65 bits per heavy atom. The Kier molecular flexibility index (Phi) is 6.66. The van der Waals surface area contributed by atoms with E-state index < -0.39 is 23.8 Å². The van der Waals surface area contributed by atoms with E-state index in [0.717, 1.165) is 50.5 Å². The van der Waals surface area contributed by atoms with Crippen molar-refractivity contribution >= 4 is 24.1 Å². The third kappa shape index (κ3) is 4.84. The molecule has 2 N–H and O–H groups in total. The van der Waals surface area contributed by atoms with Crippen LogP contribution < -0.4 is 10.6 Å². The number of urea groups is 1. The van der Waals surface area contributed by atoms with Crippen LogP contribution in [0.15, 0.2) is 4.99 Å². The third-order valence-electron chi connectivity index (χ3n) is 4.03. The average Bonchev–Trinajstić information content (AvgIpc) is 2.54. The molecule has 8 nitrogen and oxygen atoms in total. The lowest BCUT2D eigenvalue weighted by Gasteiger charge is -2.28. The first-order chi connectivity index (χ1) is 11.1. The second-order valence-electron chi connectivity index (χ2n) is 5.76. The van der Waals surface area contributed by atoms with E-state index in [1.54, 1.807) is 0 Å². The van der Waals surface area contributed by atoms with Gasteiger partial charge in [-0.25, -0.2) is 4.79 Å². The van der Waals surface area contributed by atoms with E-state index in [4.69, 9.17) is 0 Å². The normalized spacial score (nSPS) is 23.6. The Hall–Kier alpha value is -1.80. The molecule has 2 aliphatic heterocycles. The molecule has 0 saturated carbocycles. The summed E-state index contributed by atoms with van der Waals surface area (Å²) in [5.74, 6) is -2.05. The Labute approximate surface area is 136 Å². The lowest BCUT2D eigenvalue weighted by atomic mass is 10.1. The van der Waals surface area contributed by atoms with Gasteiger partial charge in [-0.15, -0.1) is 0 Å². The first-order valence-electron chi connectivity index (χ1n) is 8.22. The Balaban J connectivity index is 1.86. The number of unbranched alkanes of at least 4 members (excludes halogenated alkanes) is 1. The van der Waals surface area contributed by atoms with Crippen molar-refractivity contribution in [3.63, 3.8) is 0 Å². The molecular formula is C15H25N5O3. The molecule has 2 aliphatic rings. The summed E-state index contributed by atoms with van der Waals surface area (Å²) in [6.07, 6.45) is 2.97. The fraction of sp³-hybridized carbons (Fsp3) is 0.733. The van der Waals surface area contributed by atoms with Gasteiger partial charge in [0.2, 0.25) is 11.8 Å². The molecule has 1 atom stereocenters. The maximum Gasteiger partial charge on any atom is 0.330 e. The fourth-order valence-corrected chi connectivity index (χ4v) is 2.60. The smallest absolute Gasteiger partial charge is 0.314 e. The van der Waals surface area contributed by atoms with Gasteiger partial charge in [0.15, 0.2) is 5.92 Å². The van der Waals surface area contributed by atoms with E-state index in [-0.39, 0.29) is 0 Å². The number of nitrogens with zero attached hydrogens (tertiary/aromatic N) is 3. The molecule has 0 aromatic heterocycles. The standard InChI is InChI=1S/C15H25N5O3/c1-2-3-7-20-14(22)12(13(21)18-15(20)23)11-17-6-10-19-8-4-16-5-9-19/h11-12,16H,2-10H2,1H3,(H,18,21,23)/t12-/m1/s1. The lowest BCUT2D eigenvalue weighted by molar-refractivity contribution is -0.139. The Bertz CT molecular complexity index is 474. The highest BCUT2D eigenvalue weighted by molar-refractivity contribution is 6.23. The molecule has 2 heterocycles. The summed E-state index contributed by atoms with van der Waals surface area (Å²) in [5.41, 5.74) is 0. The first-order valence-corrected chi connectivity index (χ1v) is 8.22. The van der Waals surface area contributed by atoms with Gasteiger partial charge in [-0.2, -0.15) is 0 Å². The number of piperazine rings is 1. The number of amides is 4. The van der Waals surface area contributed by atoms with Crippen LogP contribution in [0.2, 0.25) is 0 Å². The summed E-state index contributed by atoms with van der Waals surface area (Å²) < 4.78 is 0. The van der Waals surface area contributed by atoms with E-state index in [9.17, 15) is 14.4 Å². The molecule has 8 heteroatoms. The van der Waals surface area contributed by atoms with E-state index in [2.05, 4.69) is 20.5 Å². The quantitative estimate of drug-likeness (QED) is 0.485. The summed E-state index contributed by atoms with van der Waals surface area (Å²) in [6, 6.07) is -0.626. The van der Waals surface area contributed by atoms with Gasteiger partial charge in [0.1, 0.15) is 0 Å². The van der Waals surface area contributed by atoms with E-state index in [0.29, 0.717) is 13.1 Å². The zero-order chi connectivity index (χ0) is 16.7. The molecule has 128 valence electrons. The van der Waals surface area contributed by atoms with Crippen LogP contribution in [0, 0.1) is 5.92 Å². The molecule has 0 spiro atoms. The molecule has 0 aromatic rings. The predicted molar refractivity (Wildman–Crippen MR) is 86.3 cm³/mol. The minimum atomic E-state index is -0.993. The van der Waals surface area contributed by atoms with Gasteiger partial charge in [0, 0.05) is 45.5 Å². The summed E-state index contributed by atoms with van der Waals surface area (Å²) in [4.78, 5) is 43.5. The van der Waals surface area contributed by atoms with Crippen LogP contribution in [0.25, 0.3) is 0 Å². The molecule has 0 unspecified atom stereocenters. The molecule has 0 radical (unpaired) electrons. The highest BCUT2D eigenvalue weighted by Gasteiger charge is 2.38. The van der Waals surface area contributed by atoms with Crippen molar-refractivity contribution < 1.29 is 14.4 Å². The summed E-state index contributed by atoms with van der Waals surface area (Å²) in [5, 5.41) is 5.51. The number of carbonyl (C=O) groups is 3. The number of rotatable bonds is 7. The Morgan fingerprint density at radius 2 is 1.96 bits per heavy atom. The molecule has 0 aliphatic carbocycles. The van der Waals surface area contributed by atoms with Gasteiger partial charge >= 0.3 is 6.03 Å². The highest BCUT2D eigenvalue weighted by Crippen LogP contribution is 2.10. The van der Waals surface area contributed by atoms with Crippen LogP contribution in [-0.2, 0) is 9.59 Å². The summed E-state index contributed by atoms with van der Waals surface area (Å²) in [7, 11) is 0. The molecule has 0 bridgehead atoms. The maximum atomic E-state index is 12.3. The van der Waals surface area contributed by atoms with Crippen molar-refractivity contribution in [1.82, 2.24) is 20.4 Å². The van der Waals surface area contributed by atoms with Crippen molar-refractivity contribution in [3.8, 4) is 0 Å². The lowest BCUT2D eigenvalue weighted by Crippen LogP contribution is -2.58. The fourth-order valence-electron chi connectivity index (χ4n) is 2.60. The van der Waals surface area contributed by atoms with E-state index >= 15 is 0 Å². The monoisotopic (exact) mass is 323 g/mol. The van der Waals surface area contributed by atoms with Crippen molar-refractivity contribution in [2.24, 2.45) is 10.9 Å². The average molecular weight is 323 g/mol. The van der Waals surface area contributed by atoms with Gasteiger partial charge in [0.05, 0.1) is 6.54 Å². The highest BCUT2D eigenvalue weighted by atomic mass is 16.2. The molecule has 23 heavy (non-hydrogen) atoms. The van der Waals surface area contributed by atoms with Crippen molar-refractivity contribution in [3.05, 3.63) is 0 Å². The number of imide groups is 2. The summed E-state index contributed by atoms with van der Waals surface area (Å²) >= 11 is 0. The molecular weight excluding hydrogens is 298 g/mol. The number of carbonyl (C=O) groups excluding carboxylic acids is 3. The molecule has 2 saturated heterocycles. The van der Waals surface area contributed by atoms with E-state index in [1.165, 1.54) is 6.21 Å². The van der Waals surface area contributed by atoms with Crippen LogP contribution in [0.3, 0.4) is 0 Å². The predicted octanol–water partition coefficient (Wildman–Crippen LogP) is -0.543. The topological polar surface area (TPSA) is 94.1 Å². The Morgan fingerprint density at radius 1 is 1.22 bits per heavy atom. The molecule has 2 fully saturated rings. The number of aliphatic imine (C=N–C) groups is 1.